The fraction of sp³-hybridized carbons (Fsp3) is 0.562. The molecule has 0 aliphatic carbocycles. The van der Waals surface area contributed by atoms with Crippen molar-refractivity contribution >= 4 is 5.97 Å². The Labute approximate surface area is 112 Å². The molecule has 1 N–H and O–H groups in total. The second-order valence-corrected chi connectivity index (χ2v) is 4.05. The number of carboxylic acids is 1. The van der Waals surface area contributed by atoms with Crippen molar-refractivity contribution in [3.8, 4) is 0 Å². The zero-order chi connectivity index (χ0) is 14.1. The topological polar surface area (TPSA) is 37.3 Å². The monoisotopic (exact) mass is 252 g/mol. The van der Waals surface area contributed by atoms with Crippen LogP contribution in [-0.4, -0.2) is 11.1 Å². The van der Waals surface area contributed by atoms with Gasteiger partial charge in [-0.2, -0.15) is 0 Å². The summed E-state index contributed by atoms with van der Waals surface area (Å²) in [7, 11) is 0. The third-order valence-electron chi connectivity index (χ3n) is 2.17. The maximum Gasteiger partial charge on any atom is 0.300 e. The van der Waals surface area contributed by atoms with Crippen molar-refractivity contribution in [2.75, 3.05) is 0 Å². The van der Waals surface area contributed by atoms with Crippen molar-refractivity contribution in [1.29, 1.82) is 0 Å². The second kappa shape index (κ2) is 18.1. The van der Waals surface area contributed by atoms with E-state index in [2.05, 4.69) is 31.7 Å². The summed E-state index contributed by atoms with van der Waals surface area (Å²) in [4.78, 5) is 9.00. The standard InChI is InChI=1S/C14H24.C2H4O2/c1-3-5-7-9-11-13-14-12-10-8-6-4-2;1-2(3)4/h3,5-8H,1,4,9-14H2,2H3;1H3,(H,3,4)/b7-5-,8-6?;. The van der Waals surface area contributed by atoms with Gasteiger partial charge in [0.2, 0.25) is 0 Å². The van der Waals surface area contributed by atoms with E-state index in [1.54, 1.807) is 0 Å². The highest BCUT2D eigenvalue weighted by Crippen LogP contribution is 2.06. The smallest absolute Gasteiger partial charge is 0.300 e. The normalized spacial score (nSPS) is 10.3. The lowest BCUT2D eigenvalue weighted by atomic mass is 10.1. The number of carbonyl (C=O) groups is 1. The van der Waals surface area contributed by atoms with Crippen LogP contribution < -0.4 is 0 Å². The third-order valence-corrected chi connectivity index (χ3v) is 2.17. The SMILES string of the molecule is C=C/C=C\CCCCCCC=CCC.CC(=O)O. The van der Waals surface area contributed by atoms with Crippen molar-refractivity contribution in [3.05, 3.63) is 37.0 Å². The zero-order valence-electron chi connectivity index (χ0n) is 11.9. The van der Waals surface area contributed by atoms with Crippen molar-refractivity contribution in [2.45, 2.75) is 58.8 Å². The van der Waals surface area contributed by atoms with Gasteiger partial charge in [-0.25, -0.2) is 0 Å². The van der Waals surface area contributed by atoms with E-state index in [-0.39, 0.29) is 0 Å². The zero-order valence-corrected chi connectivity index (χ0v) is 11.9. The van der Waals surface area contributed by atoms with Gasteiger partial charge in [0.25, 0.3) is 5.97 Å². The maximum absolute atomic E-state index is 9.00. The van der Waals surface area contributed by atoms with Crippen LogP contribution in [0.4, 0.5) is 0 Å². The van der Waals surface area contributed by atoms with Crippen molar-refractivity contribution in [1.82, 2.24) is 0 Å². The Balaban J connectivity index is 0. The number of rotatable bonds is 9. The quantitative estimate of drug-likeness (QED) is 0.351. The van der Waals surface area contributed by atoms with E-state index < -0.39 is 5.97 Å². The summed E-state index contributed by atoms with van der Waals surface area (Å²) in [5.74, 6) is -0.833. The molecular formula is C16H28O2. The first kappa shape index (κ1) is 19.0. The lowest BCUT2D eigenvalue weighted by Crippen LogP contribution is -1.78. The molecule has 2 nitrogen and oxygen atoms in total. The summed E-state index contributed by atoms with van der Waals surface area (Å²) >= 11 is 0. The van der Waals surface area contributed by atoms with Crippen LogP contribution in [0.1, 0.15) is 58.8 Å². The Morgan fingerprint density at radius 1 is 1.06 bits per heavy atom. The lowest BCUT2D eigenvalue weighted by molar-refractivity contribution is -0.134. The largest absolute Gasteiger partial charge is 0.481 e. The van der Waals surface area contributed by atoms with E-state index in [1.807, 2.05) is 12.2 Å². The fourth-order valence-corrected chi connectivity index (χ4v) is 1.35. The predicted molar refractivity (Wildman–Crippen MR) is 79.8 cm³/mol. The minimum atomic E-state index is -0.833. The number of aliphatic carboxylic acids is 1. The van der Waals surface area contributed by atoms with Crippen LogP contribution in [0.5, 0.6) is 0 Å². The number of unbranched alkanes of at least 4 members (excludes halogenated alkanes) is 5. The molecule has 0 fully saturated rings. The van der Waals surface area contributed by atoms with E-state index in [9.17, 15) is 0 Å². The summed E-state index contributed by atoms with van der Waals surface area (Å²) in [6.07, 6.45) is 19.7. The van der Waals surface area contributed by atoms with Gasteiger partial charge in [-0.3, -0.25) is 4.79 Å². The molecule has 0 amide bonds. The molecule has 0 spiro atoms. The molecule has 0 heterocycles. The van der Waals surface area contributed by atoms with Gasteiger partial charge in [0.05, 0.1) is 0 Å². The Kier molecular flexibility index (Phi) is 19.1. The van der Waals surface area contributed by atoms with Crippen molar-refractivity contribution in [3.63, 3.8) is 0 Å². The van der Waals surface area contributed by atoms with Gasteiger partial charge < -0.3 is 5.11 Å². The molecule has 2 heteroatoms. The molecule has 0 aromatic carbocycles. The van der Waals surface area contributed by atoms with Crippen LogP contribution in [0.25, 0.3) is 0 Å². The molecule has 18 heavy (non-hydrogen) atoms. The fourth-order valence-electron chi connectivity index (χ4n) is 1.35. The van der Waals surface area contributed by atoms with E-state index >= 15 is 0 Å². The average Bonchev–Trinajstić information content (AvgIpc) is 2.31. The van der Waals surface area contributed by atoms with Crippen molar-refractivity contribution < 1.29 is 9.90 Å². The molecule has 0 aromatic rings. The van der Waals surface area contributed by atoms with Crippen LogP contribution >= 0.6 is 0 Å². The van der Waals surface area contributed by atoms with Crippen LogP contribution in [0.3, 0.4) is 0 Å². The predicted octanol–water partition coefficient (Wildman–Crippen LogP) is 5.13. The Morgan fingerprint density at radius 3 is 2.00 bits per heavy atom. The molecule has 0 aliphatic heterocycles. The van der Waals surface area contributed by atoms with Gasteiger partial charge in [-0.1, -0.05) is 56.7 Å². The van der Waals surface area contributed by atoms with Gasteiger partial charge in [-0.05, 0) is 32.1 Å². The van der Waals surface area contributed by atoms with Crippen LogP contribution in [0.2, 0.25) is 0 Å². The minimum absolute atomic E-state index is 0.833. The highest BCUT2D eigenvalue weighted by atomic mass is 16.4. The molecule has 0 aromatic heterocycles. The second-order valence-electron chi connectivity index (χ2n) is 4.05. The summed E-state index contributed by atoms with van der Waals surface area (Å²) < 4.78 is 0. The van der Waals surface area contributed by atoms with Gasteiger partial charge in [-0.15, -0.1) is 0 Å². The van der Waals surface area contributed by atoms with Gasteiger partial charge >= 0.3 is 0 Å². The molecule has 0 rings (SSSR count). The summed E-state index contributed by atoms with van der Waals surface area (Å²) in [6, 6.07) is 0. The first-order chi connectivity index (χ1) is 8.65. The lowest BCUT2D eigenvalue weighted by Gasteiger charge is -1.96. The van der Waals surface area contributed by atoms with Crippen molar-refractivity contribution in [2.24, 2.45) is 0 Å². The number of allylic oxidation sites excluding steroid dienone is 5. The molecular weight excluding hydrogens is 224 g/mol. The Morgan fingerprint density at radius 2 is 1.56 bits per heavy atom. The number of hydrogen-bond acceptors (Lipinski definition) is 1. The first-order valence-electron chi connectivity index (χ1n) is 6.77. The maximum atomic E-state index is 9.00. The minimum Gasteiger partial charge on any atom is -0.481 e. The molecule has 0 radical (unpaired) electrons. The number of carboxylic acid groups (broad SMARTS) is 1. The average molecular weight is 252 g/mol. The Hall–Kier alpha value is -1.31. The van der Waals surface area contributed by atoms with E-state index in [4.69, 9.17) is 9.90 Å². The summed E-state index contributed by atoms with van der Waals surface area (Å²) in [5, 5.41) is 7.42. The molecule has 0 unspecified atom stereocenters. The first-order valence-corrected chi connectivity index (χ1v) is 6.77. The van der Waals surface area contributed by atoms with Gasteiger partial charge in [0, 0.05) is 6.92 Å². The highest BCUT2D eigenvalue weighted by Gasteiger charge is 1.86. The molecule has 0 aliphatic rings. The Bertz CT molecular complexity index is 235. The van der Waals surface area contributed by atoms with E-state index in [0.29, 0.717) is 0 Å². The molecule has 104 valence electrons. The summed E-state index contributed by atoms with van der Waals surface area (Å²) in [5.41, 5.74) is 0. The van der Waals surface area contributed by atoms with Crippen LogP contribution in [0, 0.1) is 0 Å². The highest BCUT2D eigenvalue weighted by molar-refractivity contribution is 5.62. The van der Waals surface area contributed by atoms with Gasteiger partial charge in [0.15, 0.2) is 0 Å². The molecule has 0 saturated carbocycles. The summed E-state index contributed by atoms with van der Waals surface area (Å²) in [6.45, 7) is 6.91. The van der Waals surface area contributed by atoms with Crippen LogP contribution in [0.15, 0.2) is 37.0 Å². The van der Waals surface area contributed by atoms with E-state index in [1.165, 1.54) is 44.9 Å². The van der Waals surface area contributed by atoms with Gasteiger partial charge in [0.1, 0.15) is 0 Å². The number of hydrogen-bond donors (Lipinski definition) is 1. The molecule has 0 atom stereocenters. The molecule has 0 bridgehead atoms. The van der Waals surface area contributed by atoms with Crippen LogP contribution in [-0.2, 0) is 4.79 Å². The molecule has 0 saturated heterocycles. The van der Waals surface area contributed by atoms with E-state index in [0.717, 1.165) is 6.92 Å². The third kappa shape index (κ3) is 29.3.